The summed E-state index contributed by atoms with van der Waals surface area (Å²) in [5.41, 5.74) is 2.88. The summed E-state index contributed by atoms with van der Waals surface area (Å²) in [6.45, 7) is 3.01. The molecule has 2 N–H and O–H groups in total. The Morgan fingerprint density at radius 2 is 2.05 bits per heavy atom. The first-order chi connectivity index (χ1) is 9.81. The monoisotopic (exact) mass is 274 g/mol. The van der Waals surface area contributed by atoms with Crippen molar-refractivity contribution in [2.45, 2.75) is 25.3 Å². The van der Waals surface area contributed by atoms with Crippen LogP contribution in [0.1, 0.15) is 17.5 Å². The first kappa shape index (κ1) is 13.6. The van der Waals surface area contributed by atoms with Gasteiger partial charge in [-0.1, -0.05) is 24.3 Å². The van der Waals surface area contributed by atoms with Gasteiger partial charge in [0.1, 0.15) is 0 Å². The highest BCUT2D eigenvalue weighted by molar-refractivity contribution is 5.76. The Balaban J connectivity index is 1.41. The fourth-order valence-electron chi connectivity index (χ4n) is 3.10. The number of carbonyl (C=O) groups is 1. The molecular weight excluding hydrogens is 252 g/mol. The highest BCUT2D eigenvalue weighted by Gasteiger charge is 2.22. The second kappa shape index (κ2) is 6.37. The molecule has 0 spiro atoms. The fraction of sp³-hybridized carbons (Fsp3) is 0.562. The van der Waals surface area contributed by atoms with Gasteiger partial charge in [0.2, 0.25) is 5.91 Å². The molecule has 2 aliphatic rings. The van der Waals surface area contributed by atoms with Crippen molar-refractivity contribution in [2.24, 2.45) is 5.92 Å². The van der Waals surface area contributed by atoms with Crippen LogP contribution in [0.3, 0.4) is 0 Å². The molecule has 1 aromatic carbocycles. The minimum absolute atomic E-state index is 0.129. The van der Waals surface area contributed by atoms with Crippen molar-refractivity contribution in [3.8, 4) is 0 Å². The minimum atomic E-state index is 0.129. The van der Waals surface area contributed by atoms with E-state index in [1.807, 2.05) is 0 Å². The smallest absolute Gasteiger partial charge is 0.221 e. The van der Waals surface area contributed by atoms with Crippen molar-refractivity contribution in [1.82, 2.24) is 10.6 Å². The summed E-state index contributed by atoms with van der Waals surface area (Å²) in [5, 5.41) is 6.38. The molecule has 0 aromatic heterocycles. The van der Waals surface area contributed by atoms with Crippen molar-refractivity contribution >= 4 is 5.91 Å². The number of amides is 1. The Bertz CT molecular complexity index is 444. The summed E-state index contributed by atoms with van der Waals surface area (Å²) in [5.74, 6) is 0.677. The molecule has 4 heteroatoms. The largest absolute Gasteiger partial charge is 0.378 e. The number of hydrogen-bond donors (Lipinski definition) is 2. The van der Waals surface area contributed by atoms with Crippen molar-refractivity contribution < 1.29 is 9.53 Å². The molecular formula is C16H22N2O2. The van der Waals surface area contributed by atoms with Crippen LogP contribution in [-0.4, -0.2) is 38.3 Å². The van der Waals surface area contributed by atoms with E-state index in [0.29, 0.717) is 18.9 Å². The Hall–Kier alpha value is -1.39. The maximum absolute atomic E-state index is 11.9. The molecule has 0 bridgehead atoms. The zero-order chi connectivity index (χ0) is 13.8. The maximum Gasteiger partial charge on any atom is 0.221 e. The van der Waals surface area contributed by atoms with Crippen LogP contribution in [0.2, 0.25) is 0 Å². The molecule has 108 valence electrons. The lowest BCUT2D eigenvalue weighted by Crippen LogP contribution is -2.44. The van der Waals surface area contributed by atoms with Crippen LogP contribution in [0.5, 0.6) is 0 Å². The first-order valence-corrected chi connectivity index (χ1v) is 7.46. The Morgan fingerprint density at radius 3 is 2.70 bits per heavy atom. The second-order valence-electron chi connectivity index (χ2n) is 5.78. The molecule has 0 radical (unpaired) electrons. The van der Waals surface area contributed by atoms with Crippen LogP contribution in [0, 0.1) is 5.92 Å². The van der Waals surface area contributed by atoms with Gasteiger partial charge in [0, 0.05) is 25.6 Å². The summed E-state index contributed by atoms with van der Waals surface area (Å²) in [4.78, 5) is 11.9. The molecule has 1 aliphatic carbocycles. The highest BCUT2D eigenvalue weighted by atomic mass is 16.5. The van der Waals surface area contributed by atoms with Gasteiger partial charge < -0.3 is 15.4 Å². The van der Waals surface area contributed by atoms with E-state index in [-0.39, 0.29) is 11.9 Å². The van der Waals surface area contributed by atoms with Crippen molar-refractivity contribution in [3.63, 3.8) is 0 Å². The molecule has 4 nitrogen and oxygen atoms in total. The molecule has 3 rings (SSSR count). The van der Waals surface area contributed by atoms with E-state index >= 15 is 0 Å². The average molecular weight is 274 g/mol. The van der Waals surface area contributed by atoms with E-state index in [0.717, 1.165) is 32.5 Å². The quantitative estimate of drug-likeness (QED) is 0.857. The number of fused-ring (bicyclic) bond motifs is 1. The Labute approximate surface area is 119 Å². The zero-order valence-electron chi connectivity index (χ0n) is 11.7. The van der Waals surface area contributed by atoms with Crippen LogP contribution in [0.25, 0.3) is 0 Å². The third-order valence-electron chi connectivity index (χ3n) is 4.15. The number of carbonyl (C=O) groups excluding carboxylic acids is 1. The molecule has 1 aliphatic heterocycles. The molecule has 1 aromatic rings. The van der Waals surface area contributed by atoms with E-state index in [2.05, 4.69) is 34.9 Å². The van der Waals surface area contributed by atoms with Gasteiger partial charge in [-0.15, -0.1) is 0 Å². The maximum atomic E-state index is 11.9. The van der Waals surface area contributed by atoms with Gasteiger partial charge in [-0.05, 0) is 29.9 Å². The number of ether oxygens (including phenoxy) is 1. The lowest BCUT2D eigenvalue weighted by molar-refractivity contribution is -0.122. The average Bonchev–Trinajstić information content (AvgIpc) is 2.89. The van der Waals surface area contributed by atoms with Crippen molar-refractivity contribution in [3.05, 3.63) is 35.4 Å². The summed E-state index contributed by atoms with van der Waals surface area (Å²) >= 11 is 0. The number of nitrogens with one attached hydrogen (secondary N) is 2. The standard InChI is InChI=1S/C16H22N2O2/c19-16(9-15-11-20-6-5-17-15)18-10-12-7-13-3-1-2-4-14(13)8-12/h1-4,12,15,17H,5-11H2,(H,18,19). The van der Waals surface area contributed by atoms with E-state index in [9.17, 15) is 4.79 Å². The molecule has 1 fully saturated rings. The highest BCUT2D eigenvalue weighted by Crippen LogP contribution is 2.25. The lowest BCUT2D eigenvalue weighted by Gasteiger charge is -2.23. The minimum Gasteiger partial charge on any atom is -0.378 e. The zero-order valence-corrected chi connectivity index (χ0v) is 11.7. The molecule has 1 unspecified atom stereocenters. The van der Waals surface area contributed by atoms with Crippen LogP contribution in [-0.2, 0) is 22.4 Å². The van der Waals surface area contributed by atoms with E-state index in [1.54, 1.807) is 0 Å². The number of benzene rings is 1. The van der Waals surface area contributed by atoms with Crippen LogP contribution < -0.4 is 10.6 Å². The van der Waals surface area contributed by atoms with Gasteiger partial charge in [-0.3, -0.25) is 4.79 Å². The van der Waals surface area contributed by atoms with Crippen LogP contribution in [0.4, 0.5) is 0 Å². The van der Waals surface area contributed by atoms with E-state index in [1.165, 1.54) is 11.1 Å². The molecule has 1 atom stereocenters. The normalized spacial score (nSPS) is 22.5. The molecule has 0 saturated carbocycles. The van der Waals surface area contributed by atoms with Gasteiger partial charge >= 0.3 is 0 Å². The summed E-state index contributed by atoms with van der Waals surface area (Å²) in [6, 6.07) is 8.74. The predicted octanol–water partition coefficient (Wildman–Crippen LogP) is 0.896. The van der Waals surface area contributed by atoms with Gasteiger partial charge in [0.05, 0.1) is 13.2 Å². The molecule has 20 heavy (non-hydrogen) atoms. The Kier molecular flexibility index (Phi) is 4.33. The number of rotatable bonds is 4. The first-order valence-electron chi connectivity index (χ1n) is 7.46. The van der Waals surface area contributed by atoms with Gasteiger partial charge in [-0.2, -0.15) is 0 Å². The van der Waals surface area contributed by atoms with Crippen LogP contribution in [0.15, 0.2) is 24.3 Å². The molecule has 1 amide bonds. The SMILES string of the molecule is O=C(CC1COCCN1)NCC1Cc2ccccc2C1. The Morgan fingerprint density at radius 1 is 1.30 bits per heavy atom. The molecule has 1 saturated heterocycles. The van der Waals surface area contributed by atoms with E-state index in [4.69, 9.17) is 4.74 Å². The van der Waals surface area contributed by atoms with E-state index < -0.39 is 0 Å². The number of morpholine rings is 1. The third kappa shape index (κ3) is 3.38. The van der Waals surface area contributed by atoms with Gasteiger partial charge in [-0.25, -0.2) is 0 Å². The lowest BCUT2D eigenvalue weighted by atomic mass is 10.1. The van der Waals surface area contributed by atoms with Crippen molar-refractivity contribution in [2.75, 3.05) is 26.3 Å². The van der Waals surface area contributed by atoms with Crippen LogP contribution >= 0.6 is 0 Å². The van der Waals surface area contributed by atoms with Gasteiger partial charge in [0.25, 0.3) is 0 Å². The van der Waals surface area contributed by atoms with Gasteiger partial charge in [0.15, 0.2) is 0 Å². The predicted molar refractivity (Wildman–Crippen MR) is 77.6 cm³/mol. The topological polar surface area (TPSA) is 50.4 Å². The third-order valence-corrected chi connectivity index (χ3v) is 4.15. The van der Waals surface area contributed by atoms with Crippen molar-refractivity contribution in [1.29, 1.82) is 0 Å². The fourth-order valence-corrected chi connectivity index (χ4v) is 3.10. The second-order valence-corrected chi connectivity index (χ2v) is 5.78. The molecule has 1 heterocycles. The summed E-state index contributed by atoms with van der Waals surface area (Å²) < 4.78 is 5.36. The number of hydrogen-bond acceptors (Lipinski definition) is 3. The summed E-state index contributed by atoms with van der Waals surface area (Å²) in [7, 11) is 0. The summed E-state index contributed by atoms with van der Waals surface area (Å²) in [6.07, 6.45) is 2.68.